The fourth-order valence-electron chi connectivity index (χ4n) is 1.63. The molecule has 0 bridgehead atoms. The number of nitrogens with one attached hydrogen (secondary N) is 1. The Labute approximate surface area is 116 Å². The lowest BCUT2D eigenvalue weighted by Crippen LogP contribution is -2.13. The van der Waals surface area contributed by atoms with Crippen molar-refractivity contribution in [3.8, 4) is 11.6 Å². The van der Waals surface area contributed by atoms with Crippen LogP contribution in [0.4, 0.5) is 0 Å². The molecule has 1 aromatic heterocycles. The predicted octanol–water partition coefficient (Wildman–Crippen LogP) is 3.37. The van der Waals surface area contributed by atoms with Gasteiger partial charge in [-0.25, -0.2) is 4.98 Å². The van der Waals surface area contributed by atoms with E-state index >= 15 is 0 Å². The second-order valence-electron chi connectivity index (χ2n) is 3.98. The molecule has 2 aromatic rings. The molecule has 1 heterocycles. The topological polar surface area (TPSA) is 72.0 Å². The fourth-order valence-corrected chi connectivity index (χ4v) is 1.88. The zero-order valence-corrected chi connectivity index (χ0v) is 11.2. The van der Waals surface area contributed by atoms with E-state index in [4.69, 9.17) is 27.5 Å². The van der Waals surface area contributed by atoms with Crippen LogP contribution in [0.25, 0.3) is 0 Å². The van der Waals surface area contributed by atoms with E-state index in [9.17, 15) is 0 Å². The van der Waals surface area contributed by atoms with Gasteiger partial charge < -0.3 is 10.5 Å². The minimum atomic E-state index is -0.0872. The van der Waals surface area contributed by atoms with Gasteiger partial charge in [0.1, 0.15) is 17.3 Å². The lowest BCUT2D eigenvalue weighted by molar-refractivity contribution is 0.462. The Morgan fingerprint density at radius 2 is 2.16 bits per heavy atom. The van der Waals surface area contributed by atoms with Crippen molar-refractivity contribution in [3.63, 3.8) is 0 Å². The molecule has 0 saturated heterocycles. The molecule has 4 nitrogen and oxygen atoms in total. The standard InChI is InChI=1S/C14H14ClN3O/c1-2-9-8-10(6-7-11(9)15)19-13-5-3-4-12(18-13)14(16)17/h3-8H,2H2,1H3,(H3,16,17). The maximum Gasteiger partial charge on any atom is 0.219 e. The highest BCUT2D eigenvalue weighted by atomic mass is 35.5. The molecular formula is C14H14ClN3O. The van der Waals surface area contributed by atoms with Gasteiger partial charge >= 0.3 is 0 Å². The van der Waals surface area contributed by atoms with E-state index in [-0.39, 0.29) is 5.84 Å². The first-order valence-corrected chi connectivity index (χ1v) is 6.25. The number of hydrogen-bond donors (Lipinski definition) is 2. The third-order valence-corrected chi connectivity index (χ3v) is 2.99. The summed E-state index contributed by atoms with van der Waals surface area (Å²) < 4.78 is 5.64. The van der Waals surface area contributed by atoms with Crippen LogP contribution in [-0.4, -0.2) is 10.8 Å². The molecule has 0 amide bonds. The summed E-state index contributed by atoms with van der Waals surface area (Å²) in [6, 6.07) is 10.6. The van der Waals surface area contributed by atoms with Gasteiger partial charge in [-0.15, -0.1) is 0 Å². The van der Waals surface area contributed by atoms with Gasteiger partial charge in [0.15, 0.2) is 0 Å². The summed E-state index contributed by atoms with van der Waals surface area (Å²) in [6.07, 6.45) is 0.830. The summed E-state index contributed by atoms with van der Waals surface area (Å²) in [4.78, 5) is 4.14. The second kappa shape index (κ2) is 5.71. The van der Waals surface area contributed by atoms with E-state index in [1.54, 1.807) is 30.3 Å². The number of hydrogen-bond acceptors (Lipinski definition) is 3. The number of nitrogen functional groups attached to an aromatic ring is 1. The molecule has 0 spiro atoms. The monoisotopic (exact) mass is 275 g/mol. The molecule has 0 aliphatic heterocycles. The molecule has 1 aromatic carbocycles. The maximum absolute atomic E-state index is 7.35. The van der Waals surface area contributed by atoms with Gasteiger partial charge in [0, 0.05) is 11.1 Å². The summed E-state index contributed by atoms with van der Waals surface area (Å²) >= 11 is 6.05. The zero-order valence-electron chi connectivity index (χ0n) is 10.5. The van der Waals surface area contributed by atoms with Crippen molar-refractivity contribution in [3.05, 3.63) is 52.7 Å². The summed E-state index contributed by atoms with van der Waals surface area (Å²) in [5.41, 5.74) is 6.80. The maximum atomic E-state index is 7.35. The molecule has 0 atom stereocenters. The average Bonchev–Trinajstić information content (AvgIpc) is 2.41. The molecule has 98 valence electrons. The fraction of sp³-hybridized carbons (Fsp3) is 0.143. The first-order chi connectivity index (χ1) is 9.10. The van der Waals surface area contributed by atoms with Crippen molar-refractivity contribution < 1.29 is 4.74 Å². The molecule has 3 N–H and O–H groups in total. The third kappa shape index (κ3) is 3.23. The Morgan fingerprint density at radius 3 is 2.84 bits per heavy atom. The molecular weight excluding hydrogens is 262 g/mol. The summed E-state index contributed by atoms with van der Waals surface area (Å²) in [7, 11) is 0. The number of benzene rings is 1. The van der Waals surface area contributed by atoms with Crippen LogP contribution in [0.2, 0.25) is 5.02 Å². The van der Waals surface area contributed by atoms with Crippen LogP contribution in [0, 0.1) is 5.41 Å². The van der Waals surface area contributed by atoms with Crippen molar-refractivity contribution in [1.29, 1.82) is 5.41 Å². The van der Waals surface area contributed by atoms with Gasteiger partial charge in [-0.3, -0.25) is 5.41 Å². The van der Waals surface area contributed by atoms with Crippen molar-refractivity contribution in [2.24, 2.45) is 5.73 Å². The number of aryl methyl sites for hydroxylation is 1. The minimum Gasteiger partial charge on any atom is -0.439 e. The van der Waals surface area contributed by atoms with E-state index in [2.05, 4.69) is 4.98 Å². The van der Waals surface area contributed by atoms with Crippen LogP contribution in [0.1, 0.15) is 18.2 Å². The van der Waals surface area contributed by atoms with Crippen LogP contribution >= 0.6 is 11.6 Å². The van der Waals surface area contributed by atoms with Crippen LogP contribution in [0.5, 0.6) is 11.6 Å². The van der Waals surface area contributed by atoms with Crippen LogP contribution in [-0.2, 0) is 6.42 Å². The lowest BCUT2D eigenvalue weighted by atomic mass is 10.1. The Kier molecular flexibility index (Phi) is 4.02. The number of nitrogens with two attached hydrogens (primary N) is 1. The Morgan fingerprint density at radius 1 is 1.37 bits per heavy atom. The largest absolute Gasteiger partial charge is 0.439 e. The number of ether oxygens (including phenoxy) is 1. The quantitative estimate of drug-likeness (QED) is 0.664. The summed E-state index contributed by atoms with van der Waals surface area (Å²) in [5, 5.41) is 8.07. The predicted molar refractivity (Wildman–Crippen MR) is 76.2 cm³/mol. The normalized spacial score (nSPS) is 10.2. The van der Waals surface area contributed by atoms with Gasteiger partial charge in [0.25, 0.3) is 0 Å². The summed E-state index contributed by atoms with van der Waals surface area (Å²) in [5.74, 6) is 0.974. The second-order valence-corrected chi connectivity index (χ2v) is 4.39. The van der Waals surface area contributed by atoms with Gasteiger partial charge in [-0.1, -0.05) is 24.6 Å². The van der Waals surface area contributed by atoms with Crippen molar-refractivity contribution in [1.82, 2.24) is 4.98 Å². The highest BCUT2D eigenvalue weighted by molar-refractivity contribution is 6.31. The van der Waals surface area contributed by atoms with Crippen LogP contribution in [0.3, 0.4) is 0 Å². The first kappa shape index (κ1) is 13.4. The van der Waals surface area contributed by atoms with E-state index in [1.807, 2.05) is 13.0 Å². The van der Waals surface area contributed by atoms with Crippen LogP contribution < -0.4 is 10.5 Å². The summed E-state index contributed by atoms with van der Waals surface area (Å²) in [6.45, 7) is 2.03. The van der Waals surface area contributed by atoms with Crippen molar-refractivity contribution in [2.45, 2.75) is 13.3 Å². The Hall–Kier alpha value is -2.07. The first-order valence-electron chi connectivity index (χ1n) is 5.88. The van der Waals surface area contributed by atoms with Crippen LogP contribution in [0.15, 0.2) is 36.4 Å². The lowest BCUT2D eigenvalue weighted by Gasteiger charge is -2.08. The molecule has 0 saturated carbocycles. The highest BCUT2D eigenvalue weighted by Gasteiger charge is 2.05. The van der Waals surface area contributed by atoms with Gasteiger partial charge in [0.05, 0.1) is 0 Å². The van der Waals surface area contributed by atoms with E-state index in [0.717, 1.165) is 17.0 Å². The molecule has 0 aliphatic rings. The van der Waals surface area contributed by atoms with E-state index in [1.165, 1.54) is 0 Å². The average molecular weight is 276 g/mol. The van der Waals surface area contributed by atoms with Gasteiger partial charge in [0.2, 0.25) is 5.88 Å². The number of aromatic nitrogens is 1. The number of amidine groups is 1. The van der Waals surface area contributed by atoms with Gasteiger partial charge in [-0.2, -0.15) is 0 Å². The number of halogens is 1. The van der Waals surface area contributed by atoms with E-state index < -0.39 is 0 Å². The van der Waals surface area contributed by atoms with Gasteiger partial charge in [-0.05, 0) is 36.2 Å². The molecule has 0 unspecified atom stereocenters. The highest BCUT2D eigenvalue weighted by Crippen LogP contribution is 2.25. The molecule has 5 heteroatoms. The Balaban J connectivity index is 2.26. The number of nitrogens with zero attached hydrogens (tertiary/aromatic N) is 1. The zero-order chi connectivity index (χ0) is 13.8. The number of pyridine rings is 1. The van der Waals surface area contributed by atoms with E-state index in [0.29, 0.717) is 17.3 Å². The third-order valence-electron chi connectivity index (χ3n) is 2.62. The Bertz CT molecular complexity index is 613. The SMILES string of the molecule is CCc1cc(Oc2cccc(C(=N)N)n2)ccc1Cl. The molecule has 0 radical (unpaired) electrons. The van der Waals surface area contributed by atoms with Crippen molar-refractivity contribution >= 4 is 17.4 Å². The molecule has 2 rings (SSSR count). The molecule has 0 aliphatic carbocycles. The molecule has 0 fully saturated rings. The number of rotatable bonds is 4. The van der Waals surface area contributed by atoms with Crippen molar-refractivity contribution in [2.75, 3.05) is 0 Å². The molecule has 19 heavy (non-hydrogen) atoms. The minimum absolute atomic E-state index is 0.0872. The smallest absolute Gasteiger partial charge is 0.219 e.